The van der Waals surface area contributed by atoms with E-state index in [2.05, 4.69) is 41.8 Å². The number of nitrogens with zero attached hydrogens (tertiary/aromatic N) is 1. The van der Waals surface area contributed by atoms with Gasteiger partial charge in [0.1, 0.15) is 18.1 Å². The molecule has 256 valence electrons. The number of halogens is 1. The van der Waals surface area contributed by atoms with E-state index < -0.39 is 35.9 Å². The zero-order chi connectivity index (χ0) is 34.5. The topological polar surface area (TPSA) is 159 Å². The summed E-state index contributed by atoms with van der Waals surface area (Å²) in [5, 5.41) is 20.5. The second-order valence-electron chi connectivity index (χ2n) is 13.4. The van der Waals surface area contributed by atoms with Crippen molar-refractivity contribution in [2.75, 3.05) is 0 Å². The van der Waals surface area contributed by atoms with Crippen LogP contribution in [0.2, 0.25) is 0 Å². The number of benzene rings is 2. The van der Waals surface area contributed by atoms with Gasteiger partial charge in [0.15, 0.2) is 0 Å². The summed E-state index contributed by atoms with van der Waals surface area (Å²) in [6, 6.07) is 11.7. The lowest BCUT2D eigenvalue weighted by atomic mass is 9.97. The Morgan fingerprint density at radius 3 is 2.12 bits per heavy atom. The van der Waals surface area contributed by atoms with Crippen LogP contribution in [0.5, 0.6) is 0 Å². The molecule has 48 heavy (non-hydrogen) atoms. The lowest BCUT2D eigenvalue weighted by Gasteiger charge is -2.39. The van der Waals surface area contributed by atoms with E-state index in [1.54, 1.807) is 11.1 Å². The summed E-state index contributed by atoms with van der Waals surface area (Å²) in [4.78, 5) is 62.3. The maximum Gasteiger partial charge on any atom is 0.326 e. The van der Waals surface area contributed by atoms with Crippen LogP contribution >= 0.6 is 15.9 Å². The molecule has 0 spiro atoms. The molecule has 11 nitrogen and oxygen atoms in total. The SMILES string of the molecule is CC(C)CC(NC(=O)N1[C@H](C)CCC[C@@H]1C)C(=O)N[C@H](Cc1c(Br)[nH]c2ccccc12)C(=O)NC(Cc1c[nH]c2ccccc12)C(=O)O. The quantitative estimate of drug-likeness (QED) is 0.112. The smallest absolute Gasteiger partial charge is 0.326 e. The van der Waals surface area contributed by atoms with E-state index in [1.807, 2.05) is 76.2 Å². The fourth-order valence-corrected chi connectivity index (χ4v) is 7.38. The van der Waals surface area contributed by atoms with Crippen molar-refractivity contribution in [1.82, 2.24) is 30.8 Å². The van der Waals surface area contributed by atoms with Crippen molar-refractivity contribution in [3.8, 4) is 0 Å². The number of aromatic amines is 2. The van der Waals surface area contributed by atoms with Gasteiger partial charge in [0, 0.05) is 52.9 Å². The maximum absolute atomic E-state index is 14.0. The Bertz CT molecular complexity index is 1770. The van der Waals surface area contributed by atoms with E-state index in [-0.39, 0.29) is 36.9 Å². The molecule has 1 aliphatic rings. The molecule has 0 saturated carbocycles. The molecule has 4 aromatic rings. The summed E-state index contributed by atoms with van der Waals surface area (Å²) >= 11 is 3.58. The molecule has 12 heteroatoms. The average Bonchev–Trinajstić information content (AvgIpc) is 3.59. The minimum atomic E-state index is -1.25. The fourth-order valence-electron chi connectivity index (χ4n) is 6.79. The molecular weight excluding hydrogens is 676 g/mol. The molecule has 2 aromatic heterocycles. The first-order valence-corrected chi connectivity index (χ1v) is 17.4. The number of aliphatic carboxylic acids is 1. The second-order valence-corrected chi connectivity index (χ2v) is 14.2. The number of amides is 4. The van der Waals surface area contributed by atoms with Crippen LogP contribution in [0.1, 0.15) is 64.5 Å². The van der Waals surface area contributed by atoms with Gasteiger partial charge in [-0.25, -0.2) is 9.59 Å². The number of carboxylic acids is 1. The molecule has 4 amide bonds. The van der Waals surface area contributed by atoms with Gasteiger partial charge in [0.05, 0.1) is 4.60 Å². The molecule has 6 N–H and O–H groups in total. The van der Waals surface area contributed by atoms with Gasteiger partial charge in [0.2, 0.25) is 11.8 Å². The third-order valence-corrected chi connectivity index (χ3v) is 9.94. The highest BCUT2D eigenvalue weighted by Crippen LogP contribution is 2.28. The molecule has 1 saturated heterocycles. The van der Waals surface area contributed by atoms with Crippen molar-refractivity contribution in [1.29, 1.82) is 0 Å². The Hall–Kier alpha value is -4.32. The highest BCUT2D eigenvalue weighted by Gasteiger charge is 2.34. The number of para-hydroxylation sites is 2. The minimum Gasteiger partial charge on any atom is -0.480 e. The molecule has 2 aromatic carbocycles. The Morgan fingerprint density at radius 1 is 0.854 bits per heavy atom. The standard InChI is InChI=1S/C36H45BrN6O5/c1-20(2)16-29(42-36(48)43-21(3)10-9-11-22(43)4)33(44)40-30(18-26-25-13-6-8-15-28(25)39-32(26)37)34(45)41-31(35(46)47)17-23-19-38-27-14-7-5-12-24(23)27/h5-8,12-15,19-22,29-31,38-39H,9-11,16-18H2,1-4H3,(H,40,44)(H,41,45)(H,42,48)(H,46,47)/t21-,22+,29?,30-,31?/m1/s1. The summed E-state index contributed by atoms with van der Waals surface area (Å²) in [7, 11) is 0. The highest BCUT2D eigenvalue weighted by molar-refractivity contribution is 9.10. The molecule has 2 unspecified atom stereocenters. The first kappa shape index (κ1) is 35.0. The van der Waals surface area contributed by atoms with Crippen LogP contribution in [0.4, 0.5) is 4.79 Å². The monoisotopic (exact) mass is 720 g/mol. The van der Waals surface area contributed by atoms with E-state index in [1.165, 1.54) is 0 Å². The molecule has 1 aliphatic heterocycles. The summed E-state index contributed by atoms with van der Waals surface area (Å²) < 4.78 is 0.657. The number of H-pyrrole nitrogens is 2. The van der Waals surface area contributed by atoms with Gasteiger partial charge in [-0.1, -0.05) is 50.2 Å². The third kappa shape index (κ3) is 8.03. The molecular formula is C36H45BrN6O5. The van der Waals surface area contributed by atoms with Crippen LogP contribution in [0.15, 0.2) is 59.3 Å². The first-order valence-electron chi connectivity index (χ1n) is 16.6. The number of carboxylic acid groups (broad SMARTS) is 1. The second kappa shape index (κ2) is 15.3. The van der Waals surface area contributed by atoms with Gasteiger partial charge >= 0.3 is 12.0 Å². The summed E-state index contributed by atoms with van der Waals surface area (Å²) in [5.41, 5.74) is 3.22. The number of likely N-dealkylation sites (tertiary alicyclic amines) is 1. The lowest BCUT2D eigenvalue weighted by Crippen LogP contribution is -2.59. The van der Waals surface area contributed by atoms with Gasteiger partial charge < -0.3 is 35.9 Å². The Kier molecular flexibility index (Phi) is 11.1. The average molecular weight is 722 g/mol. The Balaban J connectivity index is 1.41. The predicted molar refractivity (Wildman–Crippen MR) is 190 cm³/mol. The van der Waals surface area contributed by atoms with E-state index >= 15 is 0 Å². The van der Waals surface area contributed by atoms with Crippen molar-refractivity contribution in [3.05, 3.63) is 70.5 Å². The maximum atomic E-state index is 14.0. The van der Waals surface area contributed by atoms with Gasteiger partial charge in [-0.05, 0) is 84.6 Å². The molecule has 0 bridgehead atoms. The zero-order valence-electron chi connectivity index (χ0n) is 27.8. The van der Waals surface area contributed by atoms with Gasteiger partial charge in [0.25, 0.3) is 0 Å². The van der Waals surface area contributed by atoms with Crippen LogP contribution in [0.25, 0.3) is 21.8 Å². The number of carbonyl (C=O) groups is 4. The predicted octanol–water partition coefficient (Wildman–Crippen LogP) is 5.64. The minimum absolute atomic E-state index is 0.0411. The Labute approximate surface area is 288 Å². The summed E-state index contributed by atoms with van der Waals surface area (Å²) in [5.74, 6) is -2.27. The van der Waals surface area contributed by atoms with Crippen molar-refractivity contribution < 1.29 is 24.3 Å². The van der Waals surface area contributed by atoms with Crippen LogP contribution in [-0.2, 0) is 27.2 Å². The molecule has 5 rings (SSSR count). The summed E-state index contributed by atoms with van der Waals surface area (Å²) in [6.07, 6.45) is 5.05. The molecule has 0 radical (unpaired) electrons. The van der Waals surface area contributed by atoms with Gasteiger partial charge in [-0.15, -0.1) is 0 Å². The molecule has 0 aliphatic carbocycles. The van der Waals surface area contributed by atoms with E-state index in [9.17, 15) is 24.3 Å². The number of hydrogen-bond donors (Lipinski definition) is 6. The number of rotatable bonds is 12. The third-order valence-electron chi connectivity index (χ3n) is 9.27. The van der Waals surface area contributed by atoms with Gasteiger partial charge in [-0.2, -0.15) is 0 Å². The Morgan fingerprint density at radius 2 is 1.46 bits per heavy atom. The van der Waals surface area contributed by atoms with Gasteiger partial charge in [-0.3, -0.25) is 9.59 Å². The number of piperidine rings is 1. The van der Waals surface area contributed by atoms with Crippen molar-refractivity contribution in [2.45, 2.75) is 96.4 Å². The largest absolute Gasteiger partial charge is 0.480 e. The molecule has 3 heterocycles. The molecule has 5 atom stereocenters. The summed E-state index contributed by atoms with van der Waals surface area (Å²) in [6.45, 7) is 7.96. The van der Waals surface area contributed by atoms with Crippen LogP contribution in [0, 0.1) is 5.92 Å². The van der Waals surface area contributed by atoms with Crippen LogP contribution < -0.4 is 16.0 Å². The van der Waals surface area contributed by atoms with E-state index in [0.717, 1.165) is 52.2 Å². The normalized spacial score (nSPS) is 18.4. The highest BCUT2D eigenvalue weighted by atomic mass is 79.9. The van der Waals surface area contributed by atoms with Crippen LogP contribution in [-0.4, -0.2) is 74.0 Å². The lowest BCUT2D eigenvalue weighted by molar-refractivity contribution is -0.142. The number of nitrogens with one attached hydrogen (secondary N) is 5. The number of urea groups is 1. The van der Waals surface area contributed by atoms with Crippen molar-refractivity contribution >= 4 is 61.6 Å². The number of hydrogen-bond acceptors (Lipinski definition) is 4. The number of carbonyl (C=O) groups excluding carboxylic acids is 3. The number of fused-ring (bicyclic) bond motifs is 2. The van der Waals surface area contributed by atoms with E-state index in [0.29, 0.717) is 11.0 Å². The van der Waals surface area contributed by atoms with E-state index in [4.69, 9.17) is 0 Å². The zero-order valence-corrected chi connectivity index (χ0v) is 29.4. The molecule has 1 fully saturated rings. The fraction of sp³-hybridized carbons (Fsp3) is 0.444. The van der Waals surface area contributed by atoms with Crippen molar-refractivity contribution in [2.24, 2.45) is 5.92 Å². The number of aromatic nitrogens is 2. The first-order chi connectivity index (χ1) is 22.9. The van der Waals surface area contributed by atoms with Crippen molar-refractivity contribution in [3.63, 3.8) is 0 Å². The van der Waals surface area contributed by atoms with Crippen LogP contribution in [0.3, 0.4) is 0 Å².